The van der Waals surface area contributed by atoms with Crippen LogP contribution in [0.25, 0.3) is 0 Å². The van der Waals surface area contributed by atoms with Crippen LogP contribution in [0.15, 0.2) is 42.5 Å². The minimum absolute atomic E-state index is 0.0190. The van der Waals surface area contributed by atoms with Crippen LogP contribution in [0.5, 0.6) is 5.75 Å². The summed E-state index contributed by atoms with van der Waals surface area (Å²) in [5.74, 6) is 0.673. The van der Waals surface area contributed by atoms with Crippen molar-refractivity contribution in [3.63, 3.8) is 0 Å². The van der Waals surface area contributed by atoms with Gasteiger partial charge in [-0.3, -0.25) is 0 Å². The van der Waals surface area contributed by atoms with E-state index in [1.54, 1.807) is 24.3 Å². The molecule has 0 amide bonds. The fourth-order valence-corrected chi connectivity index (χ4v) is 1.86. The van der Waals surface area contributed by atoms with Crippen molar-refractivity contribution in [1.82, 2.24) is 0 Å². The Kier molecular flexibility index (Phi) is 4.40. The van der Waals surface area contributed by atoms with E-state index in [9.17, 15) is 0 Å². The summed E-state index contributed by atoms with van der Waals surface area (Å²) in [6, 6.07) is 14.4. The Morgan fingerprint density at radius 2 is 2.05 bits per heavy atom. The molecule has 4 heteroatoms. The quantitative estimate of drug-likeness (QED) is 0.930. The molecule has 19 heavy (non-hydrogen) atoms. The van der Waals surface area contributed by atoms with E-state index in [2.05, 4.69) is 0 Å². The van der Waals surface area contributed by atoms with Crippen molar-refractivity contribution in [3.05, 3.63) is 64.2 Å². The predicted octanol–water partition coefficient (Wildman–Crippen LogP) is 3.28. The van der Waals surface area contributed by atoms with Crippen molar-refractivity contribution in [3.8, 4) is 11.8 Å². The van der Waals surface area contributed by atoms with E-state index in [1.807, 2.05) is 24.3 Å². The SMILES string of the molecule is N#Cc1ccc(COc2cccc(CO)c2)c(Cl)c1. The topological polar surface area (TPSA) is 53.2 Å². The number of aliphatic hydroxyl groups is 1. The number of hydrogen-bond donors (Lipinski definition) is 1. The summed E-state index contributed by atoms with van der Waals surface area (Å²) in [6.07, 6.45) is 0. The van der Waals surface area contributed by atoms with E-state index in [4.69, 9.17) is 26.7 Å². The van der Waals surface area contributed by atoms with Gasteiger partial charge in [0, 0.05) is 10.6 Å². The van der Waals surface area contributed by atoms with Crippen molar-refractivity contribution in [2.75, 3.05) is 0 Å². The fraction of sp³-hybridized carbons (Fsp3) is 0.133. The lowest BCUT2D eigenvalue weighted by molar-refractivity contribution is 0.278. The van der Waals surface area contributed by atoms with Gasteiger partial charge in [0.2, 0.25) is 0 Å². The number of nitriles is 1. The largest absolute Gasteiger partial charge is 0.489 e. The fourth-order valence-electron chi connectivity index (χ4n) is 1.63. The Morgan fingerprint density at radius 1 is 1.21 bits per heavy atom. The zero-order valence-electron chi connectivity index (χ0n) is 10.1. The first-order valence-electron chi connectivity index (χ1n) is 5.74. The van der Waals surface area contributed by atoms with Crippen LogP contribution < -0.4 is 4.74 Å². The van der Waals surface area contributed by atoms with E-state index < -0.39 is 0 Å². The van der Waals surface area contributed by atoms with E-state index in [0.29, 0.717) is 22.9 Å². The zero-order chi connectivity index (χ0) is 13.7. The molecule has 0 heterocycles. The zero-order valence-corrected chi connectivity index (χ0v) is 10.9. The first-order chi connectivity index (χ1) is 9.22. The van der Waals surface area contributed by atoms with Crippen LogP contribution in [-0.4, -0.2) is 5.11 Å². The van der Waals surface area contributed by atoms with Gasteiger partial charge in [-0.2, -0.15) is 5.26 Å². The number of hydrogen-bond acceptors (Lipinski definition) is 3. The minimum atomic E-state index is -0.0190. The second-order valence-corrected chi connectivity index (χ2v) is 4.42. The summed E-state index contributed by atoms with van der Waals surface area (Å²) in [7, 11) is 0. The smallest absolute Gasteiger partial charge is 0.120 e. The third-order valence-corrected chi connectivity index (χ3v) is 3.01. The molecular weight excluding hydrogens is 262 g/mol. The average molecular weight is 274 g/mol. The van der Waals surface area contributed by atoms with Gasteiger partial charge in [-0.25, -0.2) is 0 Å². The monoisotopic (exact) mass is 273 g/mol. The molecule has 96 valence electrons. The van der Waals surface area contributed by atoms with Crippen LogP contribution in [-0.2, 0) is 13.2 Å². The van der Waals surface area contributed by atoms with Gasteiger partial charge in [0.05, 0.1) is 18.2 Å². The van der Waals surface area contributed by atoms with Crippen LogP contribution in [0, 0.1) is 11.3 Å². The van der Waals surface area contributed by atoms with Crippen LogP contribution in [0.2, 0.25) is 5.02 Å². The van der Waals surface area contributed by atoms with Crippen LogP contribution in [0.1, 0.15) is 16.7 Å². The molecule has 2 aromatic rings. The number of ether oxygens (including phenoxy) is 1. The first-order valence-corrected chi connectivity index (χ1v) is 6.12. The maximum absolute atomic E-state index is 9.04. The van der Waals surface area contributed by atoms with Gasteiger partial charge in [-0.1, -0.05) is 29.8 Å². The third-order valence-electron chi connectivity index (χ3n) is 2.66. The lowest BCUT2D eigenvalue weighted by Crippen LogP contribution is -1.97. The molecule has 0 unspecified atom stereocenters. The van der Waals surface area contributed by atoms with Crippen LogP contribution in [0.3, 0.4) is 0 Å². The third kappa shape index (κ3) is 3.47. The van der Waals surface area contributed by atoms with Gasteiger partial charge in [0.25, 0.3) is 0 Å². The maximum atomic E-state index is 9.04. The molecule has 0 saturated heterocycles. The molecule has 0 aliphatic rings. The minimum Gasteiger partial charge on any atom is -0.489 e. The highest BCUT2D eigenvalue weighted by Gasteiger charge is 2.03. The molecule has 0 aliphatic carbocycles. The van der Waals surface area contributed by atoms with Crippen molar-refractivity contribution in [1.29, 1.82) is 5.26 Å². The van der Waals surface area contributed by atoms with Crippen molar-refractivity contribution >= 4 is 11.6 Å². The molecule has 0 bridgehead atoms. The summed E-state index contributed by atoms with van der Waals surface area (Å²) in [4.78, 5) is 0. The lowest BCUT2D eigenvalue weighted by atomic mass is 10.1. The number of benzene rings is 2. The molecular formula is C15H12ClNO2. The Balaban J connectivity index is 2.08. The summed E-state index contributed by atoms with van der Waals surface area (Å²) in [5, 5.41) is 18.3. The second kappa shape index (κ2) is 6.24. The molecule has 0 fully saturated rings. The molecule has 0 aromatic heterocycles. The summed E-state index contributed by atoms with van der Waals surface area (Å²) >= 11 is 6.06. The number of rotatable bonds is 4. The highest BCUT2D eigenvalue weighted by Crippen LogP contribution is 2.21. The molecule has 0 atom stereocenters. The van der Waals surface area contributed by atoms with Crippen LogP contribution in [0.4, 0.5) is 0 Å². The second-order valence-electron chi connectivity index (χ2n) is 4.01. The number of aliphatic hydroxyl groups excluding tert-OH is 1. The number of halogens is 1. The van der Waals surface area contributed by atoms with Gasteiger partial charge in [-0.05, 0) is 29.8 Å². The first kappa shape index (κ1) is 13.4. The lowest BCUT2D eigenvalue weighted by Gasteiger charge is -2.09. The summed E-state index contributed by atoms with van der Waals surface area (Å²) in [6.45, 7) is 0.300. The van der Waals surface area contributed by atoms with Gasteiger partial charge in [0.15, 0.2) is 0 Å². The van der Waals surface area contributed by atoms with E-state index >= 15 is 0 Å². The normalized spacial score (nSPS) is 9.95. The van der Waals surface area contributed by atoms with Crippen molar-refractivity contribution in [2.24, 2.45) is 0 Å². The molecule has 3 nitrogen and oxygen atoms in total. The summed E-state index contributed by atoms with van der Waals surface area (Å²) < 4.78 is 5.61. The van der Waals surface area contributed by atoms with Crippen LogP contribution >= 0.6 is 11.6 Å². The highest BCUT2D eigenvalue weighted by molar-refractivity contribution is 6.31. The summed E-state index contributed by atoms with van der Waals surface area (Å²) in [5.41, 5.74) is 2.13. The van der Waals surface area contributed by atoms with Gasteiger partial charge in [0.1, 0.15) is 12.4 Å². The maximum Gasteiger partial charge on any atom is 0.120 e. The predicted molar refractivity (Wildman–Crippen MR) is 72.9 cm³/mol. The molecule has 0 saturated carbocycles. The standard InChI is InChI=1S/C15H12ClNO2/c16-15-7-11(8-17)4-5-13(15)10-19-14-3-1-2-12(6-14)9-18/h1-7,18H,9-10H2. The molecule has 0 radical (unpaired) electrons. The Morgan fingerprint density at radius 3 is 2.74 bits per heavy atom. The average Bonchev–Trinajstić information content (AvgIpc) is 2.46. The number of nitrogens with zero attached hydrogens (tertiary/aromatic N) is 1. The Labute approximate surface area is 116 Å². The molecule has 2 rings (SSSR count). The molecule has 2 aromatic carbocycles. The van der Waals surface area contributed by atoms with Crippen molar-refractivity contribution < 1.29 is 9.84 Å². The van der Waals surface area contributed by atoms with Crippen molar-refractivity contribution in [2.45, 2.75) is 13.2 Å². The van der Waals surface area contributed by atoms with Gasteiger partial charge in [-0.15, -0.1) is 0 Å². The van der Waals surface area contributed by atoms with E-state index in [0.717, 1.165) is 11.1 Å². The molecule has 0 spiro atoms. The molecule has 0 aliphatic heterocycles. The van der Waals surface area contributed by atoms with Gasteiger partial charge >= 0.3 is 0 Å². The molecule has 1 N–H and O–H groups in total. The highest BCUT2D eigenvalue weighted by atomic mass is 35.5. The Hall–Kier alpha value is -2.02. The van der Waals surface area contributed by atoms with E-state index in [-0.39, 0.29) is 6.61 Å². The Bertz CT molecular complexity index is 620. The van der Waals surface area contributed by atoms with E-state index in [1.165, 1.54) is 0 Å². The van der Waals surface area contributed by atoms with Gasteiger partial charge < -0.3 is 9.84 Å².